The van der Waals surface area contributed by atoms with E-state index >= 15 is 0 Å². The second-order valence-electron chi connectivity index (χ2n) is 3.85. The maximum Gasteiger partial charge on any atom is 0.150 e. The first kappa shape index (κ1) is 12.8. The first-order valence-corrected chi connectivity index (χ1v) is 6.07. The van der Waals surface area contributed by atoms with E-state index in [1.54, 1.807) is 24.3 Å². The van der Waals surface area contributed by atoms with Gasteiger partial charge in [-0.05, 0) is 30.7 Å². The minimum absolute atomic E-state index is 0.382. The van der Waals surface area contributed by atoms with Crippen molar-refractivity contribution in [2.45, 2.75) is 6.92 Å². The van der Waals surface area contributed by atoms with Crippen LogP contribution in [-0.2, 0) is 0 Å². The number of hydrogen-bond acceptors (Lipinski definition) is 2. The molecule has 2 rings (SSSR count). The second kappa shape index (κ2) is 5.31. The fourth-order valence-electron chi connectivity index (χ4n) is 1.51. The molecule has 0 amide bonds. The van der Waals surface area contributed by atoms with Crippen LogP contribution in [0.1, 0.15) is 15.9 Å². The number of benzene rings is 2. The molecule has 92 valence electrons. The third-order valence-corrected chi connectivity index (χ3v) is 2.87. The quantitative estimate of drug-likeness (QED) is 0.780. The highest BCUT2D eigenvalue weighted by Crippen LogP contribution is 2.28. The molecule has 0 aromatic heterocycles. The van der Waals surface area contributed by atoms with Crippen LogP contribution in [0.5, 0.6) is 11.5 Å². The van der Waals surface area contributed by atoms with E-state index in [1.165, 1.54) is 12.1 Å². The Morgan fingerprint density at radius 3 is 2.67 bits per heavy atom. The molecule has 0 saturated heterocycles. The van der Waals surface area contributed by atoms with Crippen molar-refractivity contribution in [2.75, 3.05) is 0 Å². The van der Waals surface area contributed by atoms with Crippen molar-refractivity contribution in [3.05, 3.63) is 57.8 Å². The van der Waals surface area contributed by atoms with Crippen molar-refractivity contribution in [2.24, 2.45) is 0 Å². The minimum Gasteiger partial charge on any atom is -0.457 e. The van der Waals surface area contributed by atoms with E-state index in [9.17, 15) is 9.18 Å². The van der Waals surface area contributed by atoms with Crippen molar-refractivity contribution < 1.29 is 13.9 Å². The van der Waals surface area contributed by atoms with E-state index in [0.717, 1.165) is 11.8 Å². The number of halogens is 2. The fraction of sp³-hybridized carbons (Fsp3) is 0.0714. The number of hydrogen-bond donors (Lipinski definition) is 0. The lowest BCUT2D eigenvalue weighted by Gasteiger charge is -2.09. The predicted octanol–water partition coefficient (Wildman–Crippen LogP) is 4.50. The maximum absolute atomic E-state index is 13.2. The van der Waals surface area contributed by atoms with E-state index in [1.807, 2.05) is 6.92 Å². The maximum atomic E-state index is 13.2. The topological polar surface area (TPSA) is 26.3 Å². The Morgan fingerprint density at radius 2 is 2.00 bits per heavy atom. The van der Waals surface area contributed by atoms with Crippen molar-refractivity contribution in [1.82, 2.24) is 0 Å². The lowest BCUT2D eigenvalue weighted by Crippen LogP contribution is -1.90. The molecule has 0 aliphatic heterocycles. The van der Waals surface area contributed by atoms with Gasteiger partial charge >= 0.3 is 0 Å². The van der Waals surface area contributed by atoms with Gasteiger partial charge in [-0.2, -0.15) is 0 Å². The molecule has 4 heteroatoms. The summed E-state index contributed by atoms with van der Waals surface area (Å²) in [7, 11) is 0. The summed E-state index contributed by atoms with van der Waals surface area (Å²) in [6.07, 6.45) is 0.744. The fourth-order valence-corrected chi connectivity index (χ4v) is 1.96. The second-order valence-corrected chi connectivity index (χ2v) is 4.77. The van der Waals surface area contributed by atoms with Crippen LogP contribution in [0.4, 0.5) is 4.39 Å². The molecule has 0 radical (unpaired) electrons. The average Bonchev–Trinajstić information content (AvgIpc) is 2.30. The summed E-state index contributed by atoms with van der Waals surface area (Å²) in [5.41, 5.74) is 1.40. The normalized spacial score (nSPS) is 10.2. The Balaban J connectivity index is 2.35. The van der Waals surface area contributed by atoms with Crippen LogP contribution in [0.15, 0.2) is 40.9 Å². The lowest BCUT2D eigenvalue weighted by atomic mass is 10.1. The summed E-state index contributed by atoms with van der Waals surface area (Å²) >= 11 is 3.20. The predicted molar refractivity (Wildman–Crippen MR) is 70.7 cm³/mol. The van der Waals surface area contributed by atoms with Gasteiger partial charge in [-0.1, -0.05) is 28.1 Å². The summed E-state index contributed by atoms with van der Waals surface area (Å²) < 4.78 is 19.4. The third kappa shape index (κ3) is 2.96. The van der Waals surface area contributed by atoms with Gasteiger partial charge in [0.25, 0.3) is 0 Å². The highest BCUT2D eigenvalue weighted by molar-refractivity contribution is 9.10. The Labute approximate surface area is 113 Å². The van der Waals surface area contributed by atoms with Gasteiger partial charge in [0.2, 0.25) is 0 Å². The molecular formula is C14H10BrFO2. The van der Waals surface area contributed by atoms with Gasteiger partial charge in [-0.15, -0.1) is 0 Å². The van der Waals surface area contributed by atoms with Crippen LogP contribution in [0.2, 0.25) is 0 Å². The summed E-state index contributed by atoms with van der Waals surface area (Å²) in [4.78, 5) is 10.7. The number of ether oxygens (including phenoxy) is 1. The van der Waals surface area contributed by atoms with E-state index in [2.05, 4.69) is 15.9 Å². The minimum atomic E-state index is -0.386. The van der Waals surface area contributed by atoms with Crippen molar-refractivity contribution in [3.8, 4) is 11.5 Å². The van der Waals surface area contributed by atoms with Crippen LogP contribution in [0.3, 0.4) is 0 Å². The molecule has 18 heavy (non-hydrogen) atoms. The van der Waals surface area contributed by atoms with Gasteiger partial charge < -0.3 is 4.74 Å². The largest absolute Gasteiger partial charge is 0.457 e. The molecule has 2 nitrogen and oxygen atoms in total. The van der Waals surface area contributed by atoms with Gasteiger partial charge in [-0.25, -0.2) is 4.39 Å². The van der Waals surface area contributed by atoms with E-state index < -0.39 is 0 Å². The van der Waals surface area contributed by atoms with Crippen LogP contribution >= 0.6 is 15.9 Å². The molecule has 0 N–H and O–H groups in total. The van der Waals surface area contributed by atoms with E-state index in [-0.39, 0.29) is 5.82 Å². The Morgan fingerprint density at radius 1 is 1.22 bits per heavy atom. The molecule has 0 aliphatic carbocycles. The molecule has 0 unspecified atom stereocenters. The SMILES string of the molecule is Cc1ccc(C=O)cc1Oc1cc(F)cc(Br)c1. The summed E-state index contributed by atoms with van der Waals surface area (Å²) in [5.74, 6) is 0.536. The lowest BCUT2D eigenvalue weighted by molar-refractivity contribution is 0.112. The highest BCUT2D eigenvalue weighted by atomic mass is 79.9. The Bertz CT molecular complexity index is 576. The number of rotatable bonds is 3. The smallest absolute Gasteiger partial charge is 0.150 e. The molecule has 2 aromatic rings. The molecule has 0 bridgehead atoms. The molecule has 0 aliphatic rings. The number of aldehydes is 1. The average molecular weight is 309 g/mol. The molecule has 0 heterocycles. The molecule has 2 aromatic carbocycles. The zero-order valence-electron chi connectivity index (χ0n) is 9.61. The Hall–Kier alpha value is -1.68. The molecule has 0 fully saturated rings. The number of carbonyl (C=O) groups excluding carboxylic acids is 1. The van der Waals surface area contributed by atoms with Gasteiger partial charge in [0.15, 0.2) is 0 Å². The van der Waals surface area contributed by atoms with Crippen LogP contribution in [0, 0.1) is 12.7 Å². The van der Waals surface area contributed by atoms with Crippen molar-refractivity contribution >= 4 is 22.2 Å². The molecule has 0 atom stereocenters. The van der Waals surface area contributed by atoms with Gasteiger partial charge in [-0.3, -0.25) is 4.79 Å². The molecule has 0 spiro atoms. The number of aryl methyl sites for hydroxylation is 1. The highest BCUT2D eigenvalue weighted by Gasteiger charge is 2.05. The van der Waals surface area contributed by atoms with Gasteiger partial charge in [0, 0.05) is 16.1 Å². The van der Waals surface area contributed by atoms with Crippen LogP contribution in [0.25, 0.3) is 0 Å². The van der Waals surface area contributed by atoms with E-state index in [4.69, 9.17) is 4.74 Å². The molecular weight excluding hydrogens is 299 g/mol. The summed E-state index contributed by atoms with van der Waals surface area (Å²) in [6.45, 7) is 1.86. The first-order valence-electron chi connectivity index (χ1n) is 5.28. The zero-order chi connectivity index (χ0) is 13.1. The Kier molecular flexibility index (Phi) is 3.77. The van der Waals surface area contributed by atoms with Crippen molar-refractivity contribution in [1.29, 1.82) is 0 Å². The summed E-state index contributed by atoms with van der Waals surface area (Å²) in [5, 5.41) is 0. The van der Waals surface area contributed by atoms with Crippen LogP contribution in [-0.4, -0.2) is 6.29 Å². The monoisotopic (exact) mass is 308 g/mol. The standard InChI is InChI=1S/C14H10BrFO2/c1-9-2-3-10(8-17)4-14(9)18-13-6-11(15)5-12(16)7-13/h2-8H,1H3. The number of carbonyl (C=O) groups is 1. The summed E-state index contributed by atoms with van der Waals surface area (Å²) in [6, 6.07) is 9.42. The molecule has 0 saturated carbocycles. The van der Waals surface area contributed by atoms with Crippen LogP contribution < -0.4 is 4.74 Å². The first-order chi connectivity index (χ1) is 8.58. The zero-order valence-corrected chi connectivity index (χ0v) is 11.2. The van der Waals surface area contributed by atoms with Crippen molar-refractivity contribution in [3.63, 3.8) is 0 Å². The van der Waals surface area contributed by atoms with Gasteiger partial charge in [0.1, 0.15) is 23.6 Å². The third-order valence-electron chi connectivity index (χ3n) is 2.41. The van der Waals surface area contributed by atoms with E-state index in [0.29, 0.717) is 21.5 Å². The van der Waals surface area contributed by atoms with Gasteiger partial charge in [0.05, 0.1) is 0 Å².